The van der Waals surface area contributed by atoms with Crippen molar-refractivity contribution in [2.24, 2.45) is 5.92 Å². The van der Waals surface area contributed by atoms with Crippen LogP contribution in [0.25, 0.3) is 0 Å². The molecule has 1 aromatic rings. The maximum absolute atomic E-state index is 11.8. The number of amides is 1. The fourth-order valence-electron chi connectivity index (χ4n) is 1.63. The Morgan fingerprint density at radius 1 is 1.39 bits per heavy atom. The summed E-state index contributed by atoms with van der Waals surface area (Å²) < 4.78 is 1.46. The van der Waals surface area contributed by atoms with Gasteiger partial charge in [0, 0.05) is 12.2 Å². The molecule has 1 heterocycles. The van der Waals surface area contributed by atoms with Gasteiger partial charge in [0.05, 0.1) is 0 Å². The quantitative estimate of drug-likeness (QED) is 0.837. The molecule has 1 amide bonds. The van der Waals surface area contributed by atoms with Crippen LogP contribution in [0.15, 0.2) is 12.3 Å². The van der Waals surface area contributed by atoms with Crippen LogP contribution < -0.4 is 5.32 Å². The SMILES string of the molecule is Cc1ccn(CC(=O)NC(C)C(C)C)c1C(=O)O. The molecule has 0 aromatic carbocycles. The van der Waals surface area contributed by atoms with Crippen LogP contribution in [-0.2, 0) is 11.3 Å². The highest BCUT2D eigenvalue weighted by Crippen LogP contribution is 2.10. The number of carbonyl (C=O) groups excluding carboxylic acids is 1. The maximum atomic E-state index is 11.8. The maximum Gasteiger partial charge on any atom is 0.352 e. The molecule has 18 heavy (non-hydrogen) atoms. The summed E-state index contributed by atoms with van der Waals surface area (Å²) in [5.41, 5.74) is 0.828. The molecule has 5 nitrogen and oxygen atoms in total. The van der Waals surface area contributed by atoms with Crippen LogP contribution in [0.4, 0.5) is 0 Å². The molecule has 1 aromatic heterocycles. The van der Waals surface area contributed by atoms with Crippen LogP contribution in [0.3, 0.4) is 0 Å². The van der Waals surface area contributed by atoms with Gasteiger partial charge in [-0.25, -0.2) is 4.79 Å². The standard InChI is InChI=1S/C13H20N2O3/c1-8(2)10(4)14-11(16)7-15-6-5-9(3)12(15)13(17)18/h5-6,8,10H,7H2,1-4H3,(H,14,16)(H,17,18). The number of aromatic carboxylic acids is 1. The van der Waals surface area contributed by atoms with E-state index in [2.05, 4.69) is 5.32 Å². The molecule has 1 rings (SSSR count). The molecule has 5 heteroatoms. The summed E-state index contributed by atoms with van der Waals surface area (Å²) in [5, 5.41) is 11.9. The Bertz CT molecular complexity index is 449. The highest BCUT2D eigenvalue weighted by Gasteiger charge is 2.16. The van der Waals surface area contributed by atoms with Crippen LogP contribution in [-0.4, -0.2) is 27.6 Å². The van der Waals surface area contributed by atoms with Gasteiger partial charge in [-0.1, -0.05) is 13.8 Å². The molecule has 2 N–H and O–H groups in total. The molecule has 1 atom stereocenters. The van der Waals surface area contributed by atoms with Gasteiger partial charge in [-0.2, -0.15) is 0 Å². The molecule has 1 unspecified atom stereocenters. The predicted molar refractivity (Wildman–Crippen MR) is 68.6 cm³/mol. The van der Waals surface area contributed by atoms with Crippen molar-refractivity contribution in [3.8, 4) is 0 Å². The van der Waals surface area contributed by atoms with Crippen molar-refractivity contribution in [2.75, 3.05) is 0 Å². The van der Waals surface area contributed by atoms with E-state index in [1.54, 1.807) is 19.2 Å². The largest absolute Gasteiger partial charge is 0.477 e. The summed E-state index contributed by atoms with van der Waals surface area (Å²) in [5.74, 6) is -0.837. The first kappa shape index (κ1) is 14.3. The molecule has 0 fully saturated rings. The van der Waals surface area contributed by atoms with Crippen molar-refractivity contribution in [1.29, 1.82) is 0 Å². The molecule has 0 aliphatic heterocycles. The molecule has 0 saturated carbocycles. The van der Waals surface area contributed by atoms with E-state index in [9.17, 15) is 9.59 Å². The zero-order valence-electron chi connectivity index (χ0n) is 11.2. The summed E-state index contributed by atoms with van der Waals surface area (Å²) in [4.78, 5) is 22.8. The summed E-state index contributed by atoms with van der Waals surface area (Å²) in [6.45, 7) is 7.73. The highest BCUT2D eigenvalue weighted by atomic mass is 16.4. The Kier molecular flexibility index (Phi) is 4.53. The molecule has 0 saturated heterocycles. The van der Waals surface area contributed by atoms with Crippen LogP contribution in [0.5, 0.6) is 0 Å². The normalized spacial score (nSPS) is 12.5. The average Bonchev–Trinajstić information content (AvgIpc) is 2.59. The van der Waals surface area contributed by atoms with Gasteiger partial charge in [0.15, 0.2) is 0 Å². The lowest BCUT2D eigenvalue weighted by Gasteiger charge is -2.18. The topological polar surface area (TPSA) is 71.3 Å². The van der Waals surface area contributed by atoms with E-state index < -0.39 is 5.97 Å². The van der Waals surface area contributed by atoms with E-state index >= 15 is 0 Å². The molecule has 0 aliphatic rings. The van der Waals surface area contributed by atoms with Crippen molar-refractivity contribution in [1.82, 2.24) is 9.88 Å². The molecule has 0 aliphatic carbocycles. The third kappa shape index (κ3) is 3.35. The van der Waals surface area contributed by atoms with Crippen molar-refractivity contribution in [3.05, 3.63) is 23.5 Å². The molecule has 100 valence electrons. The van der Waals surface area contributed by atoms with Gasteiger partial charge in [0.1, 0.15) is 12.2 Å². The van der Waals surface area contributed by atoms with Crippen molar-refractivity contribution in [3.63, 3.8) is 0 Å². The molecular formula is C13H20N2O3. The lowest BCUT2D eigenvalue weighted by atomic mass is 10.1. The van der Waals surface area contributed by atoms with E-state index in [1.165, 1.54) is 4.57 Å². The summed E-state index contributed by atoms with van der Waals surface area (Å²) >= 11 is 0. The van der Waals surface area contributed by atoms with Crippen LogP contribution in [0, 0.1) is 12.8 Å². The number of aryl methyl sites for hydroxylation is 1. The first-order valence-electron chi connectivity index (χ1n) is 6.01. The van der Waals surface area contributed by atoms with Crippen molar-refractivity contribution in [2.45, 2.75) is 40.3 Å². The van der Waals surface area contributed by atoms with E-state index in [0.29, 0.717) is 11.5 Å². The number of carboxylic acids is 1. The minimum atomic E-state index is -1.01. The third-order valence-electron chi connectivity index (χ3n) is 3.07. The Hall–Kier alpha value is -1.78. The average molecular weight is 252 g/mol. The second-order valence-corrected chi connectivity index (χ2v) is 4.88. The van der Waals surface area contributed by atoms with E-state index in [1.807, 2.05) is 20.8 Å². The number of carboxylic acid groups (broad SMARTS) is 1. The van der Waals surface area contributed by atoms with Crippen LogP contribution in [0.2, 0.25) is 0 Å². The van der Waals surface area contributed by atoms with Gasteiger partial charge in [-0.3, -0.25) is 4.79 Å². The number of rotatable bonds is 5. The fourth-order valence-corrected chi connectivity index (χ4v) is 1.63. The zero-order valence-corrected chi connectivity index (χ0v) is 11.2. The van der Waals surface area contributed by atoms with E-state index in [0.717, 1.165) is 0 Å². The molecule has 0 radical (unpaired) electrons. The Balaban J connectivity index is 2.74. The van der Waals surface area contributed by atoms with E-state index in [4.69, 9.17) is 5.11 Å². The number of aromatic nitrogens is 1. The van der Waals surface area contributed by atoms with Crippen LogP contribution >= 0.6 is 0 Å². The third-order valence-corrected chi connectivity index (χ3v) is 3.07. The lowest BCUT2D eigenvalue weighted by molar-refractivity contribution is -0.122. The monoisotopic (exact) mass is 252 g/mol. The molecular weight excluding hydrogens is 232 g/mol. The summed E-state index contributed by atoms with van der Waals surface area (Å²) in [6.07, 6.45) is 1.62. The zero-order chi connectivity index (χ0) is 13.9. The first-order chi connectivity index (χ1) is 8.32. The Morgan fingerprint density at radius 3 is 2.50 bits per heavy atom. The number of hydrogen-bond acceptors (Lipinski definition) is 2. The highest BCUT2D eigenvalue weighted by molar-refractivity contribution is 5.88. The second-order valence-electron chi connectivity index (χ2n) is 4.88. The minimum Gasteiger partial charge on any atom is -0.477 e. The number of hydrogen-bond donors (Lipinski definition) is 2. The van der Waals surface area contributed by atoms with Gasteiger partial charge in [-0.15, -0.1) is 0 Å². The van der Waals surface area contributed by atoms with E-state index in [-0.39, 0.29) is 24.2 Å². The number of nitrogens with one attached hydrogen (secondary N) is 1. The predicted octanol–water partition coefficient (Wildman–Crippen LogP) is 1.66. The molecule has 0 bridgehead atoms. The van der Waals surface area contributed by atoms with Crippen LogP contribution in [0.1, 0.15) is 36.8 Å². The van der Waals surface area contributed by atoms with Gasteiger partial charge in [0.2, 0.25) is 5.91 Å². The number of carbonyl (C=O) groups is 2. The first-order valence-corrected chi connectivity index (χ1v) is 6.01. The second kappa shape index (κ2) is 5.71. The lowest BCUT2D eigenvalue weighted by Crippen LogP contribution is -2.38. The van der Waals surface area contributed by atoms with Crippen molar-refractivity contribution < 1.29 is 14.7 Å². The Labute approximate surface area is 107 Å². The summed E-state index contributed by atoms with van der Waals surface area (Å²) in [7, 11) is 0. The van der Waals surface area contributed by atoms with Gasteiger partial charge < -0.3 is 15.0 Å². The summed E-state index contributed by atoms with van der Waals surface area (Å²) in [6, 6.07) is 1.77. The van der Waals surface area contributed by atoms with Gasteiger partial charge in [0.25, 0.3) is 0 Å². The molecule has 0 spiro atoms. The van der Waals surface area contributed by atoms with Gasteiger partial charge >= 0.3 is 5.97 Å². The fraction of sp³-hybridized carbons (Fsp3) is 0.538. The minimum absolute atomic E-state index is 0.0343. The number of nitrogens with zero attached hydrogens (tertiary/aromatic N) is 1. The van der Waals surface area contributed by atoms with Crippen molar-refractivity contribution >= 4 is 11.9 Å². The smallest absolute Gasteiger partial charge is 0.352 e. The Morgan fingerprint density at radius 2 is 2.00 bits per heavy atom. The van der Waals surface area contributed by atoms with Gasteiger partial charge in [-0.05, 0) is 31.4 Å².